The zero-order chi connectivity index (χ0) is 16.6. The molecule has 0 saturated carbocycles. The summed E-state index contributed by atoms with van der Waals surface area (Å²) >= 11 is 0. The lowest BCUT2D eigenvalue weighted by Crippen LogP contribution is -2.21. The highest BCUT2D eigenvalue weighted by molar-refractivity contribution is 5.63. The van der Waals surface area contributed by atoms with Gasteiger partial charge in [-0.05, 0) is 29.3 Å². The zero-order valence-corrected chi connectivity index (χ0v) is 13.4. The molecule has 0 aromatic heterocycles. The topological polar surface area (TPSA) is 21.3 Å². The fourth-order valence-corrected chi connectivity index (χ4v) is 2.48. The van der Waals surface area contributed by atoms with Gasteiger partial charge in [-0.2, -0.15) is 0 Å². The minimum absolute atomic E-state index is 0.178. The Labute approximate surface area is 141 Å². The van der Waals surface area contributed by atoms with Crippen molar-refractivity contribution in [1.29, 1.82) is 0 Å². The van der Waals surface area contributed by atoms with Crippen molar-refractivity contribution in [2.75, 3.05) is 13.2 Å². The molecule has 0 aliphatic heterocycles. The molecule has 0 saturated heterocycles. The summed E-state index contributed by atoms with van der Waals surface area (Å²) in [6.45, 7) is 1.71. The second-order valence-corrected chi connectivity index (χ2v) is 5.51. The van der Waals surface area contributed by atoms with E-state index in [1.54, 1.807) is 12.1 Å². The molecule has 3 aromatic carbocycles. The minimum Gasteiger partial charge on any atom is -0.492 e. The van der Waals surface area contributed by atoms with Gasteiger partial charge in [0, 0.05) is 18.7 Å². The zero-order valence-electron chi connectivity index (χ0n) is 13.4. The second-order valence-electron chi connectivity index (χ2n) is 5.51. The van der Waals surface area contributed by atoms with Gasteiger partial charge in [0.05, 0.1) is 0 Å². The Bertz CT molecular complexity index is 756. The summed E-state index contributed by atoms with van der Waals surface area (Å²) in [5.74, 6) is 0.657. The molecule has 3 aromatic rings. The summed E-state index contributed by atoms with van der Waals surface area (Å²) in [4.78, 5) is 0. The van der Waals surface area contributed by atoms with Crippen LogP contribution in [-0.2, 0) is 6.54 Å². The molecule has 0 heterocycles. The number of hydrogen-bond acceptors (Lipinski definition) is 2. The summed E-state index contributed by atoms with van der Waals surface area (Å²) in [7, 11) is 0. The van der Waals surface area contributed by atoms with E-state index in [0.29, 0.717) is 25.3 Å². The van der Waals surface area contributed by atoms with Crippen molar-refractivity contribution in [2.24, 2.45) is 0 Å². The Hall–Kier alpha value is -2.65. The molecular formula is C21H20FNO. The Morgan fingerprint density at radius 3 is 2.17 bits per heavy atom. The molecule has 122 valence electrons. The predicted octanol–water partition coefficient (Wildman–Crippen LogP) is 4.66. The summed E-state index contributed by atoms with van der Waals surface area (Å²) < 4.78 is 19.2. The number of nitrogens with one attached hydrogen (secondary N) is 1. The van der Waals surface area contributed by atoms with Gasteiger partial charge < -0.3 is 10.1 Å². The van der Waals surface area contributed by atoms with Crippen molar-refractivity contribution in [2.45, 2.75) is 6.54 Å². The second kappa shape index (κ2) is 8.27. The molecule has 2 nitrogen and oxygen atoms in total. The van der Waals surface area contributed by atoms with E-state index >= 15 is 0 Å². The molecule has 0 aliphatic rings. The lowest BCUT2D eigenvalue weighted by atomic mass is 10.1. The third-order valence-corrected chi connectivity index (χ3v) is 3.78. The molecule has 0 radical (unpaired) electrons. The highest BCUT2D eigenvalue weighted by Crippen LogP contribution is 2.21. The van der Waals surface area contributed by atoms with E-state index in [4.69, 9.17) is 4.74 Å². The lowest BCUT2D eigenvalue weighted by Gasteiger charge is -2.09. The van der Waals surface area contributed by atoms with Gasteiger partial charge in [0.1, 0.15) is 18.2 Å². The molecule has 0 fully saturated rings. The van der Waals surface area contributed by atoms with Crippen LogP contribution in [0.2, 0.25) is 0 Å². The molecule has 3 rings (SSSR count). The van der Waals surface area contributed by atoms with Gasteiger partial charge in [-0.15, -0.1) is 0 Å². The van der Waals surface area contributed by atoms with Crippen LogP contribution in [0.5, 0.6) is 5.75 Å². The monoisotopic (exact) mass is 321 g/mol. The number of halogens is 1. The summed E-state index contributed by atoms with van der Waals surface area (Å²) in [5, 5.41) is 3.18. The van der Waals surface area contributed by atoms with E-state index in [1.807, 2.05) is 36.4 Å². The molecule has 1 N–H and O–H groups in total. The van der Waals surface area contributed by atoms with E-state index in [9.17, 15) is 4.39 Å². The van der Waals surface area contributed by atoms with Crippen LogP contribution in [0.15, 0.2) is 78.9 Å². The summed E-state index contributed by atoms with van der Waals surface area (Å²) in [6, 6.07) is 25.1. The van der Waals surface area contributed by atoms with Crippen molar-refractivity contribution in [3.63, 3.8) is 0 Å². The van der Waals surface area contributed by atoms with E-state index < -0.39 is 0 Å². The first-order valence-electron chi connectivity index (χ1n) is 8.05. The van der Waals surface area contributed by atoms with Crippen LogP contribution in [0.1, 0.15) is 5.56 Å². The van der Waals surface area contributed by atoms with E-state index in [-0.39, 0.29) is 5.82 Å². The molecule has 0 spiro atoms. The van der Waals surface area contributed by atoms with Crippen LogP contribution in [0.4, 0.5) is 4.39 Å². The van der Waals surface area contributed by atoms with Gasteiger partial charge in [0.2, 0.25) is 0 Å². The first kappa shape index (κ1) is 16.2. The number of benzene rings is 3. The summed E-state index contributed by atoms with van der Waals surface area (Å²) in [5.41, 5.74) is 3.03. The highest BCUT2D eigenvalue weighted by atomic mass is 19.1. The molecule has 0 amide bonds. The largest absolute Gasteiger partial charge is 0.492 e. The van der Waals surface area contributed by atoms with Crippen LogP contribution in [0.25, 0.3) is 11.1 Å². The number of hydrogen-bond donors (Lipinski definition) is 1. The van der Waals surface area contributed by atoms with Crippen LogP contribution in [-0.4, -0.2) is 13.2 Å². The Balaban J connectivity index is 1.43. The minimum atomic E-state index is -0.178. The van der Waals surface area contributed by atoms with Crippen molar-refractivity contribution in [1.82, 2.24) is 5.32 Å². The van der Waals surface area contributed by atoms with Crippen molar-refractivity contribution in [3.8, 4) is 16.9 Å². The smallest absolute Gasteiger partial charge is 0.127 e. The average molecular weight is 321 g/mol. The maximum Gasteiger partial charge on any atom is 0.127 e. The van der Waals surface area contributed by atoms with E-state index in [1.165, 1.54) is 17.2 Å². The maximum absolute atomic E-state index is 13.5. The highest BCUT2D eigenvalue weighted by Gasteiger charge is 2.00. The standard InChI is InChI=1S/C21H20FNO/c22-21-9-5-4-8-19(21)16-23-14-15-24-20-12-10-18(11-13-20)17-6-2-1-3-7-17/h1-13,23H,14-16H2. The lowest BCUT2D eigenvalue weighted by molar-refractivity contribution is 0.313. The first-order chi connectivity index (χ1) is 11.8. The number of ether oxygens (including phenoxy) is 1. The van der Waals surface area contributed by atoms with Crippen LogP contribution in [0, 0.1) is 5.82 Å². The molecule has 0 bridgehead atoms. The fraction of sp³-hybridized carbons (Fsp3) is 0.143. The van der Waals surface area contributed by atoms with Crippen molar-refractivity contribution in [3.05, 3.63) is 90.2 Å². The van der Waals surface area contributed by atoms with Gasteiger partial charge in [-0.1, -0.05) is 60.7 Å². The van der Waals surface area contributed by atoms with Crippen LogP contribution < -0.4 is 10.1 Å². The van der Waals surface area contributed by atoms with Gasteiger partial charge >= 0.3 is 0 Å². The molecule has 24 heavy (non-hydrogen) atoms. The molecular weight excluding hydrogens is 301 g/mol. The normalized spacial score (nSPS) is 10.5. The molecule has 0 unspecified atom stereocenters. The quantitative estimate of drug-likeness (QED) is 0.639. The van der Waals surface area contributed by atoms with Gasteiger partial charge in [0.25, 0.3) is 0 Å². The predicted molar refractivity (Wildman–Crippen MR) is 95.5 cm³/mol. The molecule has 0 atom stereocenters. The maximum atomic E-state index is 13.5. The van der Waals surface area contributed by atoms with Crippen LogP contribution >= 0.6 is 0 Å². The third kappa shape index (κ3) is 4.43. The fourth-order valence-electron chi connectivity index (χ4n) is 2.48. The average Bonchev–Trinajstić information content (AvgIpc) is 2.64. The Morgan fingerprint density at radius 2 is 1.42 bits per heavy atom. The SMILES string of the molecule is Fc1ccccc1CNCCOc1ccc(-c2ccccc2)cc1. The van der Waals surface area contributed by atoms with E-state index in [2.05, 4.69) is 29.6 Å². The van der Waals surface area contributed by atoms with Gasteiger partial charge in [-0.25, -0.2) is 4.39 Å². The van der Waals surface area contributed by atoms with Gasteiger partial charge in [-0.3, -0.25) is 0 Å². The van der Waals surface area contributed by atoms with Crippen molar-refractivity contribution >= 4 is 0 Å². The Kier molecular flexibility index (Phi) is 5.59. The van der Waals surface area contributed by atoms with E-state index in [0.717, 1.165) is 5.75 Å². The Morgan fingerprint density at radius 1 is 0.750 bits per heavy atom. The van der Waals surface area contributed by atoms with Crippen molar-refractivity contribution < 1.29 is 9.13 Å². The first-order valence-corrected chi connectivity index (χ1v) is 8.05. The molecule has 3 heteroatoms. The van der Waals surface area contributed by atoms with Crippen LogP contribution in [0.3, 0.4) is 0 Å². The number of rotatable bonds is 7. The third-order valence-electron chi connectivity index (χ3n) is 3.78. The van der Waals surface area contributed by atoms with Gasteiger partial charge in [0.15, 0.2) is 0 Å². The summed E-state index contributed by atoms with van der Waals surface area (Å²) in [6.07, 6.45) is 0. The molecule has 0 aliphatic carbocycles.